The van der Waals surface area contributed by atoms with Crippen LogP contribution in [0.1, 0.15) is 15.2 Å². The molecule has 0 fully saturated rings. The molecule has 0 saturated heterocycles. The van der Waals surface area contributed by atoms with Crippen molar-refractivity contribution in [3.05, 3.63) is 63.0 Å². The number of nitro groups is 1. The minimum absolute atomic E-state index is 0.0286. The molecule has 0 aliphatic rings. The van der Waals surface area contributed by atoms with Crippen molar-refractivity contribution in [3.8, 4) is 0 Å². The summed E-state index contributed by atoms with van der Waals surface area (Å²) >= 11 is 0.894. The van der Waals surface area contributed by atoms with Crippen LogP contribution in [0.3, 0.4) is 0 Å². The molecular formula is C15H17N3O3S. The van der Waals surface area contributed by atoms with E-state index >= 15 is 0 Å². The molecule has 116 valence electrons. The molecule has 2 rings (SSSR count). The molecule has 0 radical (unpaired) electrons. The third-order valence-electron chi connectivity index (χ3n) is 3.18. The third kappa shape index (κ3) is 4.12. The first-order valence-corrected chi connectivity index (χ1v) is 7.71. The number of rotatable bonds is 7. The van der Waals surface area contributed by atoms with Crippen molar-refractivity contribution in [1.29, 1.82) is 0 Å². The van der Waals surface area contributed by atoms with E-state index in [2.05, 4.69) is 0 Å². The van der Waals surface area contributed by atoms with E-state index in [0.29, 0.717) is 24.5 Å². The number of hydrogen-bond donors (Lipinski definition) is 1. The first kappa shape index (κ1) is 16.1. The molecule has 0 saturated carbocycles. The molecule has 22 heavy (non-hydrogen) atoms. The van der Waals surface area contributed by atoms with Crippen LogP contribution in [0, 0.1) is 10.1 Å². The van der Waals surface area contributed by atoms with Crippen LogP contribution in [0.2, 0.25) is 0 Å². The molecule has 7 heteroatoms. The van der Waals surface area contributed by atoms with Gasteiger partial charge in [-0.15, -0.1) is 0 Å². The van der Waals surface area contributed by atoms with Gasteiger partial charge in [0.15, 0.2) is 0 Å². The Bertz CT molecular complexity index is 642. The lowest BCUT2D eigenvalue weighted by Gasteiger charge is -2.21. The fraction of sp³-hybridized carbons (Fsp3) is 0.267. The summed E-state index contributed by atoms with van der Waals surface area (Å²) in [5.41, 5.74) is 6.70. The Labute approximate surface area is 132 Å². The molecule has 2 N–H and O–H groups in total. The van der Waals surface area contributed by atoms with E-state index in [1.54, 1.807) is 4.90 Å². The Hall–Kier alpha value is -2.25. The zero-order valence-corrected chi connectivity index (χ0v) is 12.8. The van der Waals surface area contributed by atoms with Gasteiger partial charge in [0.2, 0.25) is 0 Å². The van der Waals surface area contributed by atoms with Crippen molar-refractivity contribution in [2.45, 2.75) is 6.42 Å². The maximum atomic E-state index is 12.5. The Morgan fingerprint density at radius 2 is 1.91 bits per heavy atom. The number of carbonyl (C=O) groups is 1. The van der Waals surface area contributed by atoms with Crippen LogP contribution >= 0.6 is 11.3 Å². The number of hydrogen-bond acceptors (Lipinski definition) is 5. The van der Waals surface area contributed by atoms with Gasteiger partial charge in [0.25, 0.3) is 5.91 Å². The number of amides is 1. The van der Waals surface area contributed by atoms with Crippen LogP contribution in [0.25, 0.3) is 0 Å². The van der Waals surface area contributed by atoms with Gasteiger partial charge in [-0.1, -0.05) is 41.7 Å². The van der Waals surface area contributed by atoms with Gasteiger partial charge in [-0.2, -0.15) is 0 Å². The summed E-state index contributed by atoms with van der Waals surface area (Å²) in [6.07, 6.45) is 0.722. The fourth-order valence-corrected chi connectivity index (χ4v) is 2.86. The molecular weight excluding hydrogens is 302 g/mol. The van der Waals surface area contributed by atoms with E-state index in [1.165, 1.54) is 12.1 Å². The molecule has 0 unspecified atom stereocenters. The molecule has 1 amide bonds. The van der Waals surface area contributed by atoms with E-state index in [-0.39, 0.29) is 10.9 Å². The first-order valence-electron chi connectivity index (χ1n) is 6.89. The molecule has 0 atom stereocenters. The largest absolute Gasteiger partial charge is 0.336 e. The predicted octanol–water partition coefficient (Wildman–Crippen LogP) is 2.30. The summed E-state index contributed by atoms with van der Waals surface area (Å²) < 4.78 is 0. The van der Waals surface area contributed by atoms with E-state index in [0.717, 1.165) is 23.3 Å². The second-order valence-corrected chi connectivity index (χ2v) is 5.77. The highest BCUT2D eigenvalue weighted by molar-refractivity contribution is 7.17. The van der Waals surface area contributed by atoms with Gasteiger partial charge >= 0.3 is 5.00 Å². The number of thiophene rings is 1. The SMILES string of the molecule is NCCN(CCc1ccccc1)C(=O)c1ccc([N+](=O)[O-])s1. The highest BCUT2D eigenvalue weighted by atomic mass is 32.1. The van der Waals surface area contributed by atoms with Crippen LogP contribution in [0.5, 0.6) is 0 Å². The lowest BCUT2D eigenvalue weighted by molar-refractivity contribution is -0.380. The van der Waals surface area contributed by atoms with E-state index < -0.39 is 4.92 Å². The number of carbonyl (C=O) groups excluding carboxylic acids is 1. The monoisotopic (exact) mass is 319 g/mol. The van der Waals surface area contributed by atoms with Gasteiger partial charge in [0, 0.05) is 25.7 Å². The van der Waals surface area contributed by atoms with Crippen LogP contribution in [-0.4, -0.2) is 35.4 Å². The smallest absolute Gasteiger partial charge is 0.324 e. The Kier molecular flexibility index (Phi) is 5.62. The normalized spacial score (nSPS) is 10.4. The average molecular weight is 319 g/mol. The van der Waals surface area contributed by atoms with Crippen molar-refractivity contribution >= 4 is 22.2 Å². The maximum Gasteiger partial charge on any atom is 0.324 e. The Morgan fingerprint density at radius 3 is 2.50 bits per heavy atom. The maximum absolute atomic E-state index is 12.5. The molecule has 0 spiro atoms. The van der Waals surface area contributed by atoms with Crippen LogP contribution < -0.4 is 5.73 Å². The van der Waals surface area contributed by atoms with Crippen molar-refractivity contribution < 1.29 is 9.72 Å². The van der Waals surface area contributed by atoms with Crippen LogP contribution in [0.4, 0.5) is 5.00 Å². The molecule has 6 nitrogen and oxygen atoms in total. The van der Waals surface area contributed by atoms with Gasteiger partial charge in [-0.3, -0.25) is 14.9 Å². The molecule has 2 aromatic rings. The molecule has 1 aromatic heterocycles. The highest BCUT2D eigenvalue weighted by Crippen LogP contribution is 2.25. The summed E-state index contributed by atoms with van der Waals surface area (Å²) in [6.45, 7) is 1.32. The van der Waals surface area contributed by atoms with E-state index in [9.17, 15) is 14.9 Å². The zero-order chi connectivity index (χ0) is 15.9. The molecule has 0 aliphatic carbocycles. The third-order valence-corrected chi connectivity index (χ3v) is 4.21. The summed E-state index contributed by atoms with van der Waals surface area (Å²) in [6, 6.07) is 12.7. The van der Waals surface area contributed by atoms with Gasteiger partial charge in [-0.05, 0) is 18.1 Å². The highest BCUT2D eigenvalue weighted by Gasteiger charge is 2.20. The molecule has 1 heterocycles. The molecule has 0 aliphatic heterocycles. The van der Waals surface area contributed by atoms with Crippen LogP contribution in [-0.2, 0) is 6.42 Å². The van der Waals surface area contributed by atoms with E-state index in [4.69, 9.17) is 5.73 Å². The number of nitrogens with zero attached hydrogens (tertiary/aromatic N) is 2. The Morgan fingerprint density at radius 1 is 1.18 bits per heavy atom. The molecule has 1 aromatic carbocycles. The standard InChI is InChI=1S/C15H17N3O3S/c16-9-11-17(10-8-12-4-2-1-3-5-12)15(19)13-6-7-14(22-13)18(20)21/h1-7H,8-11,16H2. The number of nitrogens with two attached hydrogens (primary N) is 1. The summed E-state index contributed by atoms with van der Waals surface area (Å²) in [5.74, 6) is -0.209. The summed E-state index contributed by atoms with van der Waals surface area (Å²) in [5, 5.41) is 10.7. The van der Waals surface area contributed by atoms with Gasteiger partial charge < -0.3 is 10.6 Å². The van der Waals surface area contributed by atoms with Crippen molar-refractivity contribution in [1.82, 2.24) is 4.90 Å². The van der Waals surface area contributed by atoms with Crippen molar-refractivity contribution in [2.75, 3.05) is 19.6 Å². The van der Waals surface area contributed by atoms with Gasteiger partial charge in [-0.25, -0.2) is 0 Å². The lowest BCUT2D eigenvalue weighted by atomic mass is 10.1. The van der Waals surface area contributed by atoms with E-state index in [1.807, 2.05) is 30.3 Å². The topological polar surface area (TPSA) is 89.5 Å². The minimum atomic E-state index is -0.487. The second kappa shape index (κ2) is 7.67. The average Bonchev–Trinajstić information content (AvgIpc) is 3.02. The molecule has 0 bridgehead atoms. The zero-order valence-electron chi connectivity index (χ0n) is 12.0. The first-order chi connectivity index (χ1) is 10.6. The minimum Gasteiger partial charge on any atom is -0.336 e. The lowest BCUT2D eigenvalue weighted by Crippen LogP contribution is -2.36. The quantitative estimate of drug-likeness (QED) is 0.626. The number of benzene rings is 1. The van der Waals surface area contributed by atoms with Gasteiger partial charge in [0.05, 0.1) is 9.80 Å². The second-order valence-electron chi connectivity index (χ2n) is 4.71. The van der Waals surface area contributed by atoms with Crippen molar-refractivity contribution in [3.63, 3.8) is 0 Å². The predicted molar refractivity (Wildman–Crippen MR) is 86.1 cm³/mol. The van der Waals surface area contributed by atoms with Crippen molar-refractivity contribution in [2.24, 2.45) is 5.73 Å². The summed E-state index contributed by atoms with van der Waals surface area (Å²) in [4.78, 5) is 24.7. The fourth-order valence-electron chi connectivity index (χ4n) is 2.08. The summed E-state index contributed by atoms with van der Waals surface area (Å²) in [7, 11) is 0. The van der Waals surface area contributed by atoms with Gasteiger partial charge in [0.1, 0.15) is 0 Å². The Balaban J connectivity index is 2.05. The van der Waals surface area contributed by atoms with Crippen LogP contribution in [0.15, 0.2) is 42.5 Å².